The molecular weight excluding hydrogens is 562 g/mol. The number of hydrogen-bond donors (Lipinski definition) is 1. The minimum Gasteiger partial charge on any atom is -0.480 e. The summed E-state index contributed by atoms with van der Waals surface area (Å²) >= 11 is 7.83. The summed E-state index contributed by atoms with van der Waals surface area (Å²) in [7, 11) is 1.57. The maximum Gasteiger partial charge on any atom is 0.323 e. The summed E-state index contributed by atoms with van der Waals surface area (Å²) in [6.45, 7) is 5.54. The van der Waals surface area contributed by atoms with Gasteiger partial charge in [0.1, 0.15) is 23.1 Å². The number of halogens is 1. The number of ketones is 1. The van der Waals surface area contributed by atoms with E-state index in [-0.39, 0.29) is 29.9 Å². The first kappa shape index (κ1) is 28.3. The molecule has 0 saturated carbocycles. The number of anilines is 1. The van der Waals surface area contributed by atoms with Crippen molar-refractivity contribution in [2.24, 2.45) is 0 Å². The molecule has 0 bridgehead atoms. The molecule has 1 amide bonds. The lowest BCUT2D eigenvalue weighted by Crippen LogP contribution is -2.31. The number of carboxylic acid groups (broad SMARTS) is 1. The van der Waals surface area contributed by atoms with Gasteiger partial charge in [-0.2, -0.15) is 0 Å². The van der Waals surface area contributed by atoms with E-state index in [9.17, 15) is 19.5 Å². The minimum absolute atomic E-state index is 0.0892. The molecule has 0 atom stereocenters. The number of amides is 1. The molecule has 210 valence electrons. The average Bonchev–Trinajstić information content (AvgIpc) is 3.67. The summed E-state index contributed by atoms with van der Waals surface area (Å²) in [5.41, 5.74) is 1.64. The normalized spacial score (nSPS) is 11.4. The van der Waals surface area contributed by atoms with Crippen LogP contribution in [-0.4, -0.2) is 49.1 Å². The van der Waals surface area contributed by atoms with E-state index in [0.29, 0.717) is 38.9 Å². The van der Waals surface area contributed by atoms with Gasteiger partial charge in [0.2, 0.25) is 5.95 Å². The SMILES string of the molecule is CCc1cc(C(=O)c2ccccc2Cl)c(-n2c(C(C)C)nnc2N(C)C(=O)c2cc3ccccc3n2CC(=O)O)s1. The molecule has 0 aliphatic rings. The van der Waals surface area contributed by atoms with Crippen molar-refractivity contribution in [2.75, 3.05) is 11.9 Å². The topological polar surface area (TPSA) is 110 Å². The zero-order valence-electron chi connectivity index (χ0n) is 23.0. The molecule has 0 unspecified atom stereocenters. The minimum atomic E-state index is -1.07. The fourth-order valence-corrected chi connectivity index (χ4v) is 6.07. The van der Waals surface area contributed by atoms with Gasteiger partial charge in [0, 0.05) is 34.3 Å². The van der Waals surface area contributed by atoms with E-state index in [1.165, 1.54) is 20.8 Å². The monoisotopic (exact) mass is 589 g/mol. The Bertz CT molecular complexity index is 1800. The first-order valence-corrected chi connectivity index (χ1v) is 14.3. The van der Waals surface area contributed by atoms with Gasteiger partial charge in [0.05, 0.1) is 10.6 Å². The van der Waals surface area contributed by atoms with E-state index in [1.807, 2.05) is 39.0 Å². The van der Waals surface area contributed by atoms with Gasteiger partial charge in [-0.05, 0) is 36.8 Å². The number of para-hydroxylation sites is 1. The summed E-state index contributed by atoms with van der Waals surface area (Å²) in [6.07, 6.45) is 0.700. The lowest BCUT2D eigenvalue weighted by atomic mass is 10.0. The molecule has 0 radical (unpaired) electrons. The molecule has 41 heavy (non-hydrogen) atoms. The van der Waals surface area contributed by atoms with Crippen molar-refractivity contribution in [3.05, 3.63) is 93.2 Å². The Balaban J connectivity index is 1.66. The van der Waals surface area contributed by atoms with Crippen molar-refractivity contribution in [1.82, 2.24) is 19.3 Å². The van der Waals surface area contributed by atoms with E-state index in [2.05, 4.69) is 10.2 Å². The molecular formula is C30H28ClN5O4S. The maximum absolute atomic E-state index is 14.0. The second kappa shape index (κ2) is 11.3. The van der Waals surface area contributed by atoms with Crippen LogP contribution in [0.1, 0.15) is 63.8 Å². The highest BCUT2D eigenvalue weighted by Crippen LogP contribution is 2.36. The molecule has 2 aromatic carbocycles. The van der Waals surface area contributed by atoms with Crippen molar-refractivity contribution in [2.45, 2.75) is 39.7 Å². The number of nitrogens with zero attached hydrogens (tertiary/aromatic N) is 5. The van der Waals surface area contributed by atoms with Crippen LogP contribution in [0.25, 0.3) is 15.9 Å². The van der Waals surface area contributed by atoms with Gasteiger partial charge in [0.15, 0.2) is 5.78 Å². The Labute approximate surface area is 245 Å². The van der Waals surface area contributed by atoms with Crippen LogP contribution in [0.5, 0.6) is 0 Å². The lowest BCUT2D eigenvalue weighted by molar-refractivity contribution is -0.137. The highest BCUT2D eigenvalue weighted by atomic mass is 35.5. The van der Waals surface area contributed by atoms with Gasteiger partial charge in [0.25, 0.3) is 5.91 Å². The van der Waals surface area contributed by atoms with E-state index in [4.69, 9.17) is 11.6 Å². The first-order chi connectivity index (χ1) is 19.6. The first-order valence-electron chi connectivity index (χ1n) is 13.1. The van der Waals surface area contributed by atoms with E-state index < -0.39 is 11.9 Å². The van der Waals surface area contributed by atoms with Crippen LogP contribution in [-0.2, 0) is 17.8 Å². The van der Waals surface area contributed by atoms with Crippen LogP contribution in [0.3, 0.4) is 0 Å². The van der Waals surface area contributed by atoms with Crippen molar-refractivity contribution < 1.29 is 19.5 Å². The van der Waals surface area contributed by atoms with Crippen LogP contribution in [0.4, 0.5) is 5.95 Å². The third-order valence-electron chi connectivity index (χ3n) is 6.79. The van der Waals surface area contributed by atoms with Crippen molar-refractivity contribution >= 4 is 57.4 Å². The molecule has 0 aliphatic carbocycles. The predicted octanol–water partition coefficient (Wildman–Crippen LogP) is 6.21. The number of fused-ring (bicyclic) bond motifs is 1. The number of carbonyl (C=O) groups excluding carboxylic acids is 2. The van der Waals surface area contributed by atoms with Crippen molar-refractivity contribution in [3.8, 4) is 5.00 Å². The fraction of sp³-hybridized carbons (Fsp3) is 0.233. The Morgan fingerprint density at radius 1 is 1.02 bits per heavy atom. The molecule has 0 aliphatic heterocycles. The molecule has 3 aromatic heterocycles. The third-order valence-corrected chi connectivity index (χ3v) is 8.39. The smallest absolute Gasteiger partial charge is 0.323 e. The number of hydrogen-bond acceptors (Lipinski definition) is 6. The van der Waals surface area contributed by atoms with Gasteiger partial charge in [-0.1, -0.05) is 62.7 Å². The van der Waals surface area contributed by atoms with Gasteiger partial charge in [-0.25, -0.2) is 0 Å². The summed E-state index contributed by atoms with van der Waals surface area (Å²) in [4.78, 5) is 41.8. The summed E-state index contributed by atoms with van der Waals surface area (Å²) in [5.74, 6) is -1.08. The van der Waals surface area contributed by atoms with Crippen molar-refractivity contribution in [3.63, 3.8) is 0 Å². The molecule has 0 spiro atoms. The molecule has 3 heterocycles. The van der Waals surface area contributed by atoms with E-state index >= 15 is 0 Å². The molecule has 9 nitrogen and oxygen atoms in total. The average molecular weight is 590 g/mol. The molecule has 5 aromatic rings. The van der Waals surface area contributed by atoms with E-state index in [1.54, 1.807) is 54.1 Å². The summed E-state index contributed by atoms with van der Waals surface area (Å²) in [6, 6.07) is 17.6. The largest absolute Gasteiger partial charge is 0.480 e. The van der Waals surface area contributed by atoms with Crippen LogP contribution < -0.4 is 4.90 Å². The molecule has 11 heteroatoms. The fourth-order valence-electron chi connectivity index (χ4n) is 4.75. The Kier molecular flexibility index (Phi) is 7.79. The second-order valence-electron chi connectivity index (χ2n) is 9.87. The number of aryl methyl sites for hydroxylation is 1. The van der Waals surface area contributed by atoms with E-state index in [0.717, 1.165) is 10.3 Å². The number of aliphatic carboxylic acids is 1. The van der Waals surface area contributed by atoms with Gasteiger partial charge >= 0.3 is 5.97 Å². The number of carbonyl (C=O) groups is 3. The second-order valence-corrected chi connectivity index (χ2v) is 11.4. The Morgan fingerprint density at radius 3 is 2.41 bits per heavy atom. The lowest BCUT2D eigenvalue weighted by Gasteiger charge is -2.20. The van der Waals surface area contributed by atoms with Crippen LogP contribution >= 0.6 is 22.9 Å². The highest BCUT2D eigenvalue weighted by molar-refractivity contribution is 7.15. The number of aromatic nitrogens is 4. The molecule has 0 fully saturated rings. The standard InChI is InChI=1S/C30H28ClN5O4S/c1-5-19-15-21(26(39)20-11-7-8-12-22(20)31)29(41-19)36-27(17(2)3)32-33-30(36)34(4)28(40)24-14-18-10-6-9-13-23(18)35(24)16-25(37)38/h6-15,17H,5,16H2,1-4H3,(H,37,38). The number of benzene rings is 2. The molecule has 1 N–H and O–H groups in total. The number of thiophene rings is 1. The van der Waals surface area contributed by atoms with Crippen LogP contribution in [0, 0.1) is 0 Å². The third kappa shape index (κ3) is 5.16. The highest BCUT2D eigenvalue weighted by Gasteiger charge is 2.30. The van der Waals surface area contributed by atoms with Crippen LogP contribution in [0.2, 0.25) is 5.02 Å². The number of carboxylic acids is 1. The quantitative estimate of drug-likeness (QED) is 0.205. The van der Waals surface area contributed by atoms with Gasteiger partial charge in [-0.15, -0.1) is 21.5 Å². The van der Waals surface area contributed by atoms with Gasteiger partial charge < -0.3 is 9.67 Å². The number of rotatable bonds is 9. The Morgan fingerprint density at radius 2 is 1.73 bits per heavy atom. The zero-order valence-corrected chi connectivity index (χ0v) is 24.5. The summed E-state index contributed by atoms with van der Waals surface area (Å²) < 4.78 is 3.23. The maximum atomic E-state index is 14.0. The zero-order chi connectivity index (χ0) is 29.4. The Hall–Kier alpha value is -4.28. The van der Waals surface area contributed by atoms with Crippen LogP contribution in [0.15, 0.2) is 60.7 Å². The summed E-state index contributed by atoms with van der Waals surface area (Å²) in [5, 5.41) is 20.1. The predicted molar refractivity (Wildman–Crippen MR) is 160 cm³/mol. The van der Waals surface area contributed by atoms with Gasteiger partial charge in [-0.3, -0.25) is 23.9 Å². The van der Waals surface area contributed by atoms with Crippen molar-refractivity contribution in [1.29, 1.82) is 0 Å². The molecule has 5 rings (SSSR count). The molecule has 0 saturated heterocycles.